The number of carbonyl (C=O) groups is 1. The average Bonchev–Trinajstić information content (AvgIpc) is 3.76. The van der Waals surface area contributed by atoms with Crippen LogP contribution in [-0.2, 0) is 6.18 Å². The largest absolute Gasteiger partial charge is 0.489 e. The first-order chi connectivity index (χ1) is 19.5. The normalized spacial score (nSPS) is 19.3. The second-order valence-electron chi connectivity index (χ2n) is 10.6. The van der Waals surface area contributed by atoms with E-state index in [1.807, 2.05) is 4.90 Å². The summed E-state index contributed by atoms with van der Waals surface area (Å²) in [7, 11) is 1.76. The number of hydrogen-bond acceptors (Lipinski definition) is 5. The van der Waals surface area contributed by atoms with Crippen LogP contribution in [0.25, 0.3) is 10.9 Å². The Morgan fingerprint density at radius 1 is 1.05 bits per heavy atom. The highest BCUT2D eigenvalue weighted by Crippen LogP contribution is 2.38. The van der Waals surface area contributed by atoms with Crippen molar-refractivity contribution in [3.63, 3.8) is 0 Å². The van der Waals surface area contributed by atoms with E-state index in [0.717, 1.165) is 18.9 Å². The second-order valence-corrected chi connectivity index (χ2v) is 11.0. The highest BCUT2D eigenvalue weighted by atomic mass is 35.5. The number of rotatable bonds is 9. The Bertz CT molecular complexity index is 1410. The lowest BCUT2D eigenvalue weighted by Gasteiger charge is -2.37. The minimum Gasteiger partial charge on any atom is -0.489 e. The van der Waals surface area contributed by atoms with Gasteiger partial charge < -0.3 is 19.7 Å². The maximum Gasteiger partial charge on any atom is 0.433 e. The molecule has 220 valence electrons. The summed E-state index contributed by atoms with van der Waals surface area (Å²) in [5.41, 5.74) is -0.114. The molecule has 0 unspecified atom stereocenters. The molecule has 2 aliphatic carbocycles. The number of pyridine rings is 1. The van der Waals surface area contributed by atoms with Gasteiger partial charge in [-0.2, -0.15) is 22.0 Å². The van der Waals surface area contributed by atoms with E-state index in [-0.39, 0.29) is 40.6 Å². The summed E-state index contributed by atoms with van der Waals surface area (Å²) >= 11 is 6.15. The van der Waals surface area contributed by atoms with Gasteiger partial charge in [-0.15, -0.1) is 0 Å². The van der Waals surface area contributed by atoms with Crippen LogP contribution in [0.3, 0.4) is 0 Å². The Morgan fingerprint density at radius 3 is 2.44 bits per heavy atom. The van der Waals surface area contributed by atoms with Gasteiger partial charge in [-0.05, 0) is 86.9 Å². The number of alkyl halides is 5. The maximum atomic E-state index is 13.6. The van der Waals surface area contributed by atoms with E-state index in [9.17, 15) is 26.7 Å². The van der Waals surface area contributed by atoms with Crippen molar-refractivity contribution in [3.05, 3.63) is 58.7 Å². The fraction of sp³-hybridized carbons (Fsp3) is 0.448. The SMILES string of the molecule is CN(c1cc(C(F)(F)F)nc2ccc(Cl)cc12)[C@H]1CC[C@@H](NC(=O)c2ccc(OC(F)F)c(OCC3CC3)c2)CC1. The molecule has 6 nitrogen and oxygen atoms in total. The maximum absolute atomic E-state index is 13.6. The van der Waals surface area contributed by atoms with Gasteiger partial charge in [0.25, 0.3) is 5.91 Å². The molecule has 0 bridgehead atoms. The third kappa shape index (κ3) is 7.12. The Morgan fingerprint density at radius 2 is 1.78 bits per heavy atom. The van der Waals surface area contributed by atoms with Gasteiger partial charge in [-0.3, -0.25) is 4.79 Å². The lowest BCUT2D eigenvalue weighted by atomic mass is 9.89. The topological polar surface area (TPSA) is 63.7 Å². The summed E-state index contributed by atoms with van der Waals surface area (Å²) in [4.78, 5) is 18.6. The molecular weight excluding hydrogens is 569 g/mol. The fourth-order valence-corrected chi connectivity index (χ4v) is 5.31. The van der Waals surface area contributed by atoms with Crippen LogP contribution in [0.2, 0.25) is 5.02 Å². The number of ether oxygens (including phenoxy) is 2. The molecule has 2 fully saturated rings. The molecule has 0 aliphatic heterocycles. The number of benzene rings is 2. The van der Waals surface area contributed by atoms with Crippen LogP contribution in [0, 0.1) is 5.92 Å². The van der Waals surface area contributed by atoms with Crippen molar-refractivity contribution in [1.29, 1.82) is 0 Å². The van der Waals surface area contributed by atoms with Crippen molar-refractivity contribution in [2.24, 2.45) is 5.92 Å². The van der Waals surface area contributed by atoms with E-state index in [4.69, 9.17) is 16.3 Å². The molecule has 1 heterocycles. The Labute approximate surface area is 238 Å². The summed E-state index contributed by atoms with van der Waals surface area (Å²) in [6, 6.07) is 9.55. The van der Waals surface area contributed by atoms with Crippen molar-refractivity contribution in [3.8, 4) is 11.5 Å². The van der Waals surface area contributed by atoms with Crippen molar-refractivity contribution in [2.75, 3.05) is 18.6 Å². The number of fused-ring (bicyclic) bond motifs is 1. The quantitative estimate of drug-likeness (QED) is 0.259. The van der Waals surface area contributed by atoms with Crippen LogP contribution in [0.1, 0.15) is 54.6 Å². The van der Waals surface area contributed by atoms with Crippen molar-refractivity contribution in [2.45, 2.75) is 63.4 Å². The Kier molecular flexibility index (Phi) is 8.45. The van der Waals surface area contributed by atoms with Crippen molar-refractivity contribution >= 4 is 34.1 Å². The monoisotopic (exact) mass is 597 g/mol. The molecule has 0 radical (unpaired) electrons. The Balaban J connectivity index is 1.25. The standard InChI is InChI=1S/C29H29ClF5N3O3/c1-38(23-14-26(29(33,34)35)37-22-10-5-18(30)13-21(22)23)20-8-6-19(7-9-20)36-27(39)17-4-11-24(41-28(31)32)25(12-17)40-15-16-2-3-16/h4-5,10-14,16,19-20,28H,2-3,6-9,15H2,1H3,(H,36,39)/t19-,20+. The molecule has 0 saturated heterocycles. The first kappa shape index (κ1) is 29.2. The molecule has 2 aromatic carbocycles. The molecule has 12 heteroatoms. The van der Waals surface area contributed by atoms with E-state index in [0.29, 0.717) is 54.3 Å². The predicted octanol–water partition coefficient (Wildman–Crippen LogP) is 7.47. The molecule has 2 aliphatic rings. The second kappa shape index (κ2) is 11.9. The number of carbonyl (C=O) groups excluding carboxylic acids is 1. The first-order valence-corrected chi connectivity index (χ1v) is 13.8. The van der Waals surface area contributed by atoms with E-state index < -0.39 is 18.5 Å². The van der Waals surface area contributed by atoms with Gasteiger partial charge >= 0.3 is 12.8 Å². The van der Waals surface area contributed by atoms with Crippen LogP contribution in [0.4, 0.5) is 27.6 Å². The number of halogens is 6. The van der Waals surface area contributed by atoms with Gasteiger partial charge in [-0.1, -0.05) is 11.6 Å². The van der Waals surface area contributed by atoms with E-state index in [1.54, 1.807) is 13.1 Å². The predicted molar refractivity (Wildman–Crippen MR) is 145 cm³/mol. The number of nitrogens with one attached hydrogen (secondary N) is 1. The van der Waals surface area contributed by atoms with Crippen LogP contribution >= 0.6 is 11.6 Å². The Hall–Kier alpha value is -3.34. The van der Waals surface area contributed by atoms with Gasteiger partial charge in [-0.25, -0.2) is 4.98 Å². The van der Waals surface area contributed by atoms with Crippen LogP contribution in [0.5, 0.6) is 11.5 Å². The smallest absolute Gasteiger partial charge is 0.433 e. The fourth-order valence-electron chi connectivity index (χ4n) is 5.14. The third-order valence-electron chi connectivity index (χ3n) is 7.59. The van der Waals surface area contributed by atoms with Gasteiger partial charge in [0, 0.05) is 40.8 Å². The minimum absolute atomic E-state index is 0.0676. The average molecular weight is 598 g/mol. The van der Waals surface area contributed by atoms with Crippen molar-refractivity contribution in [1.82, 2.24) is 10.3 Å². The number of anilines is 1. The number of nitrogens with zero attached hydrogens (tertiary/aromatic N) is 2. The summed E-state index contributed by atoms with van der Waals surface area (Å²) in [6.45, 7) is -2.65. The zero-order valence-corrected chi connectivity index (χ0v) is 22.9. The molecular formula is C29H29ClF5N3O3. The van der Waals surface area contributed by atoms with E-state index in [2.05, 4.69) is 15.0 Å². The molecule has 1 N–H and O–H groups in total. The van der Waals surface area contributed by atoms with Crippen LogP contribution < -0.4 is 19.7 Å². The first-order valence-electron chi connectivity index (χ1n) is 13.4. The number of hydrogen-bond donors (Lipinski definition) is 1. The molecule has 0 atom stereocenters. The highest BCUT2D eigenvalue weighted by molar-refractivity contribution is 6.31. The summed E-state index contributed by atoms with van der Waals surface area (Å²) < 4.78 is 76.6. The number of aromatic nitrogens is 1. The molecule has 0 spiro atoms. The highest BCUT2D eigenvalue weighted by Gasteiger charge is 2.35. The van der Waals surface area contributed by atoms with Crippen molar-refractivity contribution < 1.29 is 36.2 Å². The van der Waals surface area contributed by atoms with Gasteiger partial charge in [0.15, 0.2) is 11.5 Å². The minimum atomic E-state index is -4.60. The van der Waals surface area contributed by atoms with Gasteiger partial charge in [0.1, 0.15) is 5.69 Å². The summed E-state index contributed by atoms with van der Waals surface area (Å²) in [5.74, 6) is -0.0222. The molecule has 5 rings (SSSR count). The molecule has 2 saturated carbocycles. The zero-order valence-electron chi connectivity index (χ0n) is 22.2. The summed E-state index contributed by atoms with van der Waals surface area (Å²) in [6.07, 6.45) is -0.107. The third-order valence-corrected chi connectivity index (χ3v) is 7.83. The van der Waals surface area contributed by atoms with Gasteiger partial charge in [0.05, 0.1) is 12.1 Å². The van der Waals surface area contributed by atoms with E-state index >= 15 is 0 Å². The van der Waals surface area contributed by atoms with E-state index in [1.165, 1.54) is 30.3 Å². The molecule has 3 aromatic rings. The van der Waals surface area contributed by atoms with Gasteiger partial charge in [0.2, 0.25) is 0 Å². The zero-order chi connectivity index (χ0) is 29.3. The summed E-state index contributed by atoms with van der Waals surface area (Å²) in [5, 5.41) is 3.92. The van der Waals surface area contributed by atoms with Crippen LogP contribution in [0.15, 0.2) is 42.5 Å². The molecule has 41 heavy (non-hydrogen) atoms. The number of amides is 1. The lowest BCUT2D eigenvalue weighted by molar-refractivity contribution is -0.140. The molecule has 1 amide bonds. The van der Waals surface area contributed by atoms with Crippen LogP contribution in [-0.4, -0.2) is 43.2 Å². The lowest BCUT2D eigenvalue weighted by Crippen LogP contribution is -2.43. The molecule has 1 aromatic heterocycles.